The molecule has 3 N–H and O–H groups in total. The average Bonchev–Trinajstić information content (AvgIpc) is 2.85. The SMILES string of the molecule is CCCN(C)CC(N)(C(=O)O)C1CC1. The summed E-state index contributed by atoms with van der Waals surface area (Å²) < 4.78 is 0. The molecule has 1 aliphatic carbocycles. The summed E-state index contributed by atoms with van der Waals surface area (Å²) in [5, 5.41) is 9.11. The Morgan fingerprint density at radius 1 is 1.64 bits per heavy atom. The molecule has 1 rings (SSSR count). The van der Waals surface area contributed by atoms with Gasteiger partial charge in [-0.05, 0) is 38.8 Å². The van der Waals surface area contributed by atoms with E-state index >= 15 is 0 Å². The smallest absolute Gasteiger partial charge is 0.325 e. The van der Waals surface area contributed by atoms with Gasteiger partial charge in [0.15, 0.2) is 0 Å². The van der Waals surface area contributed by atoms with Crippen molar-refractivity contribution in [2.45, 2.75) is 31.7 Å². The molecule has 0 spiro atoms. The van der Waals surface area contributed by atoms with Gasteiger partial charge in [-0.2, -0.15) is 0 Å². The molecule has 1 atom stereocenters. The van der Waals surface area contributed by atoms with Crippen molar-refractivity contribution in [2.75, 3.05) is 20.1 Å². The Morgan fingerprint density at radius 3 is 2.57 bits per heavy atom. The first-order chi connectivity index (χ1) is 6.50. The van der Waals surface area contributed by atoms with E-state index < -0.39 is 11.5 Å². The fraction of sp³-hybridized carbons (Fsp3) is 0.900. The summed E-state index contributed by atoms with van der Waals surface area (Å²) in [4.78, 5) is 13.1. The molecule has 0 heterocycles. The van der Waals surface area contributed by atoms with Crippen molar-refractivity contribution in [2.24, 2.45) is 11.7 Å². The standard InChI is InChI=1S/C10H20N2O2/c1-3-6-12(2)7-10(11,9(13)14)8-4-5-8/h8H,3-7,11H2,1-2H3,(H,13,14). The predicted octanol–water partition coefficient (Wildman–Crippen LogP) is 0.520. The second-order valence-electron chi connectivity index (χ2n) is 4.36. The number of likely N-dealkylation sites (N-methyl/N-ethyl adjacent to an activating group) is 1. The van der Waals surface area contributed by atoms with Crippen molar-refractivity contribution in [3.63, 3.8) is 0 Å². The van der Waals surface area contributed by atoms with E-state index in [1.807, 2.05) is 11.9 Å². The maximum absolute atomic E-state index is 11.1. The Bertz CT molecular complexity index is 216. The molecular formula is C10H20N2O2. The van der Waals surface area contributed by atoms with Gasteiger partial charge in [0, 0.05) is 6.54 Å². The molecule has 14 heavy (non-hydrogen) atoms. The first-order valence-electron chi connectivity index (χ1n) is 5.21. The Hall–Kier alpha value is -0.610. The molecule has 1 unspecified atom stereocenters. The maximum atomic E-state index is 11.1. The van der Waals surface area contributed by atoms with Crippen LogP contribution in [0.3, 0.4) is 0 Å². The van der Waals surface area contributed by atoms with Gasteiger partial charge in [-0.1, -0.05) is 6.92 Å². The van der Waals surface area contributed by atoms with Crippen LogP contribution in [0.1, 0.15) is 26.2 Å². The minimum Gasteiger partial charge on any atom is -0.480 e. The van der Waals surface area contributed by atoms with E-state index in [-0.39, 0.29) is 5.92 Å². The van der Waals surface area contributed by atoms with Gasteiger partial charge in [-0.15, -0.1) is 0 Å². The van der Waals surface area contributed by atoms with Crippen molar-refractivity contribution < 1.29 is 9.90 Å². The van der Waals surface area contributed by atoms with Crippen LogP contribution in [-0.4, -0.2) is 41.7 Å². The minimum atomic E-state index is -1.02. The van der Waals surface area contributed by atoms with Gasteiger partial charge in [-0.3, -0.25) is 4.79 Å². The van der Waals surface area contributed by atoms with Crippen LogP contribution in [0.4, 0.5) is 0 Å². The van der Waals surface area contributed by atoms with E-state index in [4.69, 9.17) is 10.8 Å². The maximum Gasteiger partial charge on any atom is 0.325 e. The average molecular weight is 200 g/mol. The van der Waals surface area contributed by atoms with E-state index in [0.29, 0.717) is 6.54 Å². The third-order valence-corrected chi connectivity index (χ3v) is 2.84. The third kappa shape index (κ3) is 2.45. The largest absolute Gasteiger partial charge is 0.480 e. The van der Waals surface area contributed by atoms with Crippen LogP contribution in [0.15, 0.2) is 0 Å². The summed E-state index contributed by atoms with van der Waals surface area (Å²) in [6.07, 6.45) is 2.95. The van der Waals surface area contributed by atoms with Crippen LogP contribution >= 0.6 is 0 Å². The van der Waals surface area contributed by atoms with E-state index in [0.717, 1.165) is 25.8 Å². The van der Waals surface area contributed by atoms with Gasteiger partial charge < -0.3 is 15.7 Å². The van der Waals surface area contributed by atoms with Crippen molar-refractivity contribution in [1.82, 2.24) is 4.90 Å². The zero-order valence-electron chi connectivity index (χ0n) is 8.99. The van der Waals surface area contributed by atoms with Crippen LogP contribution < -0.4 is 5.73 Å². The lowest BCUT2D eigenvalue weighted by atomic mass is 9.94. The van der Waals surface area contributed by atoms with Gasteiger partial charge in [-0.25, -0.2) is 0 Å². The molecule has 0 amide bonds. The van der Waals surface area contributed by atoms with Crippen LogP contribution in [0.25, 0.3) is 0 Å². The monoisotopic (exact) mass is 200 g/mol. The molecular weight excluding hydrogens is 180 g/mol. The molecule has 0 saturated heterocycles. The number of carboxylic acids is 1. The fourth-order valence-electron chi connectivity index (χ4n) is 1.88. The third-order valence-electron chi connectivity index (χ3n) is 2.84. The lowest BCUT2D eigenvalue weighted by Crippen LogP contribution is -2.57. The van der Waals surface area contributed by atoms with E-state index in [9.17, 15) is 4.79 Å². The first kappa shape index (κ1) is 11.5. The number of carbonyl (C=O) groups is 1. The number of carboxylic acid groups (broad SMARTS) is 1. The molecule has 4 nitrogen and oxygen atoms in total. The van der Waals surface area contributed by atoms with Crippen molar-refractivity contribution >= 4 is 5.97 Å². The number of nitrogens with zero attached hydrogens (tertiary/aromatic N) is 1. The van der Waals surface area contributed by atoms with Crippen LogP contribution in [0.2, 0.25) is 0 Å². The quantitative estimate of drug-likeness (QED) is 0.656. The van der Waals surface area contributed by atoms with Crippen LogP contribution in [0, 0.1) is 5.92 Å². The Kier molecular flexibility index (Phi) is 3.50. The molecule has 0 bridgehead atoms. The van der Waals surface area contributed by atoms with Crippen LogP contribution in [-0.2, 0) is 4.79 Å². The summed E-state index contributed by atoms with van der Waals surface area (Å²) in [7, 11) is 1.93. The molecule has 1 aliphatic rings. The summed E-state index contributed by atoms with van der Waals surface area (Å²) >= 11 is 0. The number of nitrogens with two attached hydrogens (primary N) is 1. The Balaban J connectivity index is 2.55. The zero-order chi connectivity index (χ0) is 10.8. The second kappa shape index (κ2) is 4.28. The van der Waals surface area contributed by atoms with Crippen LogP contribution in [0.5, 0.6) is 0 Å². The highest BCUT2D eigenvalue weighted by Gasteiger charge is 2.48. The molecule has 1 fully saturated rings. The van der Waals surface area contributed by atoms with Crippen molar-refractivity contribution in [3.05, 3.63) is 0 Å². The Morgan fingerprint density at radius 2 is 2.21 bits per heavy atom. The second-order valence-corrected chi connectivity index (χ2v) is 4.36. The summed E-state index contributed by atoms with van der Waals surface area (Å²) in [6.45, 7) is 3.44. The van der Waals surface area contributed by atoms with Gasteiger partial charge in [0.1, 0.15) is 5.54 Å². The van der Waals surface area contributed by atoms with E-state index in [2.05, 4.69) is 6.92 Å². The van der Waals surface area contributed by atoms with Gasteiger partial charge in [0.25, 0.3) is 0 Å². The molecule has 0 aromatic carbocycles. The molecule has 0 aromatic heterocycles. The number of aliphatic carboxylic acids is 1. The highest BCUT2D eigenvalue weighted by atomic mass is 16.4. The summed E-state index contributed by atoms with van der Waals surface area (Å²) in [5.41, 5.74) is 4.91. The molecule has 82 valence electrons. The molecule has 1 saturated carbocycles. The fourth-order valence-corrected chi connectivity index (χ4v) is 1.88. The van der Waals surface area contributed by atoms with Crippen molar-refractivity contribution in [1.29, 1.82) is 0 Å². The number of hydrogen-bond donors (Lipinski definition) is 2. The molecule has 0 aromatic rings. The van der Waals surface area contributed by atoms with E-state index in [1.165, 1.54) is 0 Å². The normalized spacial score (nSPS) is 20.9. The lowest BCUT2D eigenvalue weighted by Gasteiger charge is -2.29. The lowest BCUT2D eigenvalue weighted by molar-refractivity contribution is -0.145. The van der Waals surface area contributed by atoms with Gasteiger partial charge in [0.2, 0.25) is 0 Å². The van der Waals surface area contributed by atoms with Crippen molar-refractivity contribution in [3.8, 4) is 0 Å². The highest BCUT2D eigenvalue weighted by molar-refractivity contribution is 5.79. The topological polar surface area (TPSA) is 66.6 Å². The zero-order valence-corrected chi connectivity index (χ0v) is 8.99. The number of rotatable bonds is 6. The summed E-state index contributed by atoms with van der Waals surface area (Å²) in [5.74, 6) is -0.678. The molecule has 0 radical (unpaired) electrons. The van der Waals surface area contributed by atoms with E-state index in [1.54, 1.807) is 0 Å². The molecule has 0 aliphatic heterocycles. The highest BCUT2D eigenvalue weighted by Crippen LogP contribution is 2.38. The predicted molar refractivity (Wildman–Crippen MR) is 55.1 cm³/mol. The number of hydrogen-bond acceptors (Lipinski definition) is 3. The van der Waals surface area contributed by atoms with Gasteiger partial charge >= 0.3 is 5.97 Å². The minimum absolute atomic E-state index is 0.180. The Labute approximate surface area is 85.1 Å². The summed E-state index contributed by atoms with van der Waals surface area (Å²) in [6, 6.07) is 0. The molecule has 4 heteroatoms. The first-order valence-corrected chi connectivity index (χ1v) is 5.21. The van der Waals surface area contributed by atoms with Gasteiger partial charge in [0.05, 0.1) is 0 Å².